The van der Waals surface area contributed by atoms with E-state index < -0.39 is 0 Å². The Morgan fingerprint density at radius 3 is 2.42 bits per heavy atom. The molecular formula is C19H20BrN3O2S. The molecule has 2 amide bonds. The summed E-state index contributed by atoms with van der Waals surface area (Å²) < 4.78 is 0.687. The minimum atomic E-state index is -0.314. The Kier molecular flexibility index (Phi) is 7.29. The van der Waals surface area contributed by atoms with Crippen molar-refractivity contribution in [2.45, 2.75) is 13.8 Å². The molecule has 2 aromatic carbocycles. The van der Waals surface area contributed by atoms with Crippen LogP contribution in [-0.2, 0) is 0 Å². The standard InChI is InChI=1S/C19H20BrN3O2S/c1-3-23(4-2)18(25)13-8-7-9-14(12-13)21-19(26)22-17(24)15-10-5-6-11-16(15)20/h5-12H,3-4H2,1-2H3,(H2,21,22,24,26). The number of nitrogens with zero attached hydrogens (tertiary/aromatic N) is 1. The Bertz CT molecular complexity index is 822. The zero-order chi connectivity index (χ0) is 19.1. The number of rotatable bonds is 5. The fraction of sp³-hybridized carbons (Fsp3) is 0.211. The van der Waals surface area contributed by atoms with Crippen LogP contribution in [0.25, 0.3) is 0 Å². The Morgan fingerprint density at radius 2 is 1.77 bits per heavy atom. The molecule has 0 fully saturated rings. The highest BCUT2D eigenvalue weighted by Crippen LogP contribution is 2.16. The third-order valence-corrected chi connectivity index (χ3v) is 4.66. The molecule has 0 heterocycles. The zero-order valence-corrected chi connectivity index (χ0v) is 17.0. The van der Waals surface area contributed by atoms with E-state index in [-0.39, 0.29) is 16.9 Å². The third-order valence-electron chi connectivity index (χ3n) is 3.76. The summed E-state index contributed by atoms with van der Waals surface area (Å²) in [6.07, 6.45) is 0. The summed E-state index contributed by atoms with van der Waals surface area (Å²) in [5, 5.41) is 5.75. The van der Waals surface area contributed by atoms with Crippen molar-refractivity contribution in [3.05, 3.63) is 64.1 Å². The van der Waals surface area contributed by atoms with Crippen molar-refractivity contribution in [2.75, 3.05) is 18.4 Å². The van der Waals surface area contributed by atoms with Crippen LogP contribution in [0.15, 0.2) is 53.0 Å². The fourth-order valence-electron chi connectivity index (χ4n) is 2.40. The molecule has 0 spiro atoms. The van der Waals surface area contributed by atoms with Crippen molar-refractivity contribution in [1.29, 1.82) is 0 Å². The number of anilines is 1. The van der Waals surface area contributed by atoms with Gasteiger partial charge in [0.2, 0.25) is 0 Å². The molecule has 0 unspecified atom stereocenters. The summed E-state index contributed by atoms with van der Waals surface area (Å²) in [7, 11) is 0. The van der Waals surface area contributed by atoms with E-state index in [9.17, 15) is 9.59 Å². The predicted molar refractivity (Wildman–Crippen MR) is 112 cm³/mol. The average molecular weight is 434 g/mol. The van der Waals surface area contributed by atoms with Crippen LogP contribution in [-0.4, -0.2) is 34.9 Å². The first-order valence-corrected chi connectivity index (χ1v) is 9.42. The topological polar surface area (TPSA) is 61.4 Å². The Labute approximate surface area is 166 Å². The van der Waals surface area contributed by atoms with Gasteiger partial charge in [0.15, 0.2) is 5.11 Å². The molecule has 0 radical (unpaired) electrons. The molecular weight excluding hydrogens is 414 g/mol. The van der Waals surface area contributed by atoms with Gasteiger partial charge >= 0.3 is 0 Å². The lowest BCUT2D eigenvalue weighted by Gasteiger charge is -2.19. The van der Waals surface area contributed by atoms with Crippen LogP contribution in [0.4, 0.5) is 5.69 Å². The quantitative estimate of drug-likeness (QED) is 0.697. The van der Waals surface area contributed by atoms with E-state index >= 15 is 0 Å². The highest BCUT2D eigenvalue weighted by Gasteiger charge is 2.14. The van der Waals surface area contributed by atoms with Gasteiger partial charge in [-0.1, -0.05) is 18.2 Å². The average Bonchev–Trinajstić information content (AvgIpc) is 2.63. The van der Waals surface area contributed by atoms with Crippen LogP contribution in [0.3, 0.4) is 0 Å². The van der Waals surface area contributed by atoms with Gasteiger partial charge < -0.3 is 10.2 Å². The number of hydrogen-bond donors (Lipinski definition) is 2. The van der Waals surface area contributed by atoms with E-state index in [1.165, 1.54) is 0 Å². The third kappa shape index (κ3) is 5.12. The second kappa shape index (κ2) is 9.45. The van der Waals surface area contributed by atoms with Gasteiger partial charge in [0, 0.05) is 28.8 Å². The number of halogens is 1. The second-order valence-corrected chi connectivity index (χ2v) is 6.71. The van der Waals surface area contributed by atoms with E-state index in [1.807, 2.05) is 19.9 Å². The number of benzene rings is 2. The normalized spacial score (nSPS) is 10.1. The maximum absolute atomic E-state index is 12.4. The number of carbonyl (C=O) groups excluding carboxylic acids is 2. The van der Waals surface area contributed by atoms with Gasteiger partial charge in [0.1, 0.15) is 0 Å². The van der Waals surface area contributed by atoms with E-state index in [2.05, 4.69) is 26.6 Å². The zero-order valence-electron chi connectivity index (χ0n) is 14.6. The van der Waals surface area contributed by atoms with Gasteiger partial charge in [-0.05, 0) is 72.3 Å². The van der Waals surface area contributed by atoms with Gasteiger partial charge in [-0.3, -0.25) is 14.9 Å². The van der Waals surface area contributed by atoms with Crippen LogP contribution >= 0.6 is 28.1 Å². The highest BCUT2D eigenvalue weighted by molar-refractivity contribution is 9.10. The number of thiocarbonyl (C=S) groups is 1. The minimum absolute atomic E-state index is 0.0400. The first-order valence-electron chi connectivity index (χ1n) is 8.22. The number of nitrogens with one attached hydrogen (secondary N) is 2. The lowest BCUT2D eigenvalue weighted by molar-refractivity contribution is 0.0772. The molecule has 0 atom stereocenters. The van der Waals surface area contributed by atoms with Gasteiger partial charge in [-0.2, -0.15) is 0 Å². The van der Waals surface area contributed by atoms with Crippen LogP contribution in [0.1, 0.15) is 34.6 Å². The minimum Gasteiger partial charge on any atom is -0.339 e. The SMILES string of the molecule is CCN(CC)C(=O)c1cccc(NC(=S)NC(=O)c2ccccc2Br)c1. The summed E-state index contributed by atoms with van der Waals surface area (Å²) in [4.78, 5) is 26.5. The molecule has 7 heteroatoms. The Morgan fingerprint density at radius 1 is 1.08 bits per heavy atom. The maximum atomic E-state index is 12.4. The molecule has 0 bridgehead atoms. The molecule has 2 rings (SSSR count). The number of carbonyl (C=O) groups is 2. The second-order valence-electron chi connectivity index (χ2n) is 5.45. The highest BCUT2D eigenvalue weighted by atomic mass is 79.9. The summed E-state index contributed by atoms with van der Waals surface area (Å²) in [5.74, 6) is -0.354. The van der Waals surface area contributed by atoms with E-state index in [1.54, 1.807) is 47.4 Å². The van der Waals surface area contributed by atoms with E-state index in [0.29, 0.717) is 34.4 Å². The van der Waals surface area contributed by atoms with Gasteiger partial charge in [0.25, 0.3) is 11.8 Å². The molecule has 0 saturated heterocycles. The largest absolute Gasteiger partial charge is 0.339 e. The lowest BCUT2D eigenvalue weighted by atomic mass is 10.1. The number of hydrogen-bond acceptors (Lipinski definition) is 3. The molecule has 0 aliphatic heterocycles. The van der Waals surface area contributed by atoms with E-state index in [4.69, 9.17) is 12.2 Å². The van der Waals surface area contributed by atoms with Crippen LogP contribution < -0.4 is 10.6 Å². The Balaban J connectivity index is 2.05. The molecule has 2 aromatic rings. The van der Waals surface area contributed by atoms with Gasteiger partial charge in [-0.15, -0.1) is 0 Å². The van der Waals surface area contributed by atoms with Crippen molar-refractivity contribution >= 4 is 50.8 Å². The first-order chi connectivity index (χ1) is 12.5. The molecule has 2 N–H and O–H groups in total. The van der Waals surface area contributed by atoms with Crippen molar-refractivity contribution in [1.82, 2.24) is 10.2 Å². The monoisotopic (exact) mass is 433 g/mol. The van der Waals surface area contributed by atoms with Gasteiger partial charge in [-0.25, -0.2) is 0 Å². The van der Waals surface area contributed by atoms with Crippen molar-refractivity contribution in [3.63, 3.8) is 0 Å². The molecule has 5 nitrogen and oxygen atoms in total. The maximum Gasteiger partial charge on any atom is 0.258 e. The molecule has 26 heavy (non-hydrogen) atoms. The number of amides is 2. The predicted octanol–water partition coefficient (Wildman–Crippen LogP) is 4.06. The first kappa shape index (κ1) is 20.1. The molecule has 136 valence electrons. The molecule has 0 aliphatic rings. The summed E-state index contributed by atoms with van der Waals surface area (Å²) in [6.45, 7) is 5.17. The lowest BCUT2D eigenvalue weighted by Crippen LogP contribution is -2.34. The van der Waals surface area contributed by atoms with Crippen molar-refractivity contribution < 1.29 is 9.59 Å². The van der Waals surface area contributed by atoms with E-state index in [0.717, 1.165) is 0 Å². The van der Waals surface area contributed by atoms with Crippen molar-refractivity contribution in [3.8, 4) is 0 Å². The van der Waals surface area contributed by atoms with Gasteiger partial charge in [0.05, 0.1) is 5.56 Å². The van der Waals surface area contributed by atoms with Crippen LogP contribution in [0, 0.1) is 0 Å². The smallest absolute Gasteiger partial charge is 0.258 e. The summed E-state index contributed by atoms with van der Waals surface area (Å²) in [5.41, 5.74) is 1.70. The van der Waals surface area contributed by atoms with Crippen LogP contribution in [0.5, 0.6) is 0 Å². The Hall–Kier alpha value is -2.25. The fourth-order valence-corrected chi connectivity index (χ4v) is 3.08. The van der Waals surface area contributed by atoms with Crippen LogP contribution in [0.2, 0.25) is 0 Å². The summed E-state index contributed by atoms with van der Waals surface area (Å²) in [6, 6.07) is 14.1. The molecule has 0 aromatic heterocycles. The molecule has 0 aliphatic carbocycles. The molecule has 0 saturated carbocycles. The van der Waals surface area contributed by atoms with Crippen molar-refractivity contribution in [2.24, 2.45) is 0 Å². The summed E-state index contributed by atoms with van der Waals surface area (Å²) >= 11 is 8.55.